The van der Waals surface area contributed by atoms with E-state index in [1.54, 1.807) is 11.3 Å². The molecule has 1 aromatic heterocycles. The van der Waals surface area contributed by atoms with Crippen molar-refractivity contribution in [2.75, 3.05) is 0 Å². The average Bonchev–Trinajstić information content (AvgIpc) is 2.64. The maximum absolute atomic E-state index is 4.41. The minimum Gasteiger partial charge on any atom is -0.306 e. The Morgan fingerprint density at radius 3 is 2.94 bits per heavy atom. The molecule has 0 saturated carbocycles. The molecule has 16 heavy (non-hydrogen) atoms. The number of halogens is 1. The van der Waals surface area contributed by atoms with E-state index in [1.165, 1.54) is 5.56 Å². The first-order chi connectivity index (χ1) is 7.74. The van der Waals surface area contributed by atoms with Crippen LogP contribution in [0.2, 0.25) is 0 Å². The van der Waals surface area contributed by atoms with Gasteiger partial charge in [0.05, 0.1) is 0 Å². The summed E-state index contributed by atoms with van der Waals surface area (Å²) in [4.78, 5) is 4.41. The van der Waals surface area contributed by atoms with Crippen molar-refractivity contribution in [2.45, 2.75) is 20.0 Å². The zero-order valence-corrected chi connectivity index (χ0v) is 11.4. The summed E-state index contributed by atoms with van der Waals surface area (Å²) in [6.45, 7) is 3.73. The molecular formula is C12H13BrN2S. The third kappa shape index (κ3) is 3.40. The normalized spacial score (nSPS) is 10.6. The third-order valence-electron chi connectivity index (χ3n) is 2.16. The highest BCUT2D eigenvalue weighted by Gasteiger charge is 1.98. The first-order valence-electron chi connectivity index (χ1n) is 5.10. The van der Waals surface area contributed by atoms with Crippen LogP contribution in [-0.2, 0) is 13.1 Å². The lowest BCUT2D eigenvalue weighted by Gasteiger charge is -2.03. The second-order valence-electron chi connectivity index (χ2n) is 3.62. The summed E-state index contributed by atoms with van der Waals surface area (Å²) >= 11 is 5.17. The minimum atomic E-state index is 0.838. The molecule has 0 aliphatic carbocycles. The number of rotatable bonds is 4. The monoisotopic (exact) mass is 296 g/mol. The van der Waals surface area contributed by atoms with Gasteiger partial charge in [0.15, 0.2) is 0 Å². The van der Waals surface area contributed by atoms with Crippen molar-refractivity contribution in [3.8, 4) is 0 Å². The molecular weight excluding hydrogens is 284 g/mol. The first kappa shape index (κ1) is 11.8. The van der Waals surface area contributed by atoms with Gasteiger partial charge < -0.3 is 5.32 Å². The first-order valence-corrected chi connectivity index (χ1v) is 6.77. The van der Waals surface area contributed by atoms with Gasteiger partial charge in [-0.2, -0.15) is 0 Å². The van der Waals surface area contributed by atoms with Crippen molar-refractivity contribution in [3.63, 3.8) is 0 Å². The molecule has 1 N–H and O–H groups in total. The van der Waals surface area contributed by atoms with E-state index in [0.29, 0.717) is 0 Å². The van der Waals surface area contributed by atoms with Crippen LogP contribution in [0.25, 0.3) is 0 Å². The molecule has 2 nitrogen and oxygen atoms in total. The van der Waals surface area contributed by atoms with Gasteiger partial charge in [0.25, 0.3) is 0 Å². The lowest BCUT2D eigenvalue weighted by molar-refractivity contribution is 0.688. The van der Waals surface area contributed by atoms with Crippen molar-refractivity contribution in [1.82, 2.24) is 10.3 Å². The van der Waals surface area contributed by atoms with E-state index < -0.39 is 0 Å². The molecule has 4 heteroatoms. The molecule has 2 aromatic rings. The van der Waals surface area contributed by atoms with Gasteiger partial charge in [-0.15, -0.1) is 11.3 Å². The molecule has 2 rings (SSSR count). The summed E-state index contributed by atoms with van der Waals surface area (Å²) < 4.78 is 1.12. The van der Waals surface area contributed by atoms with E-state index >= 15 is 0 Å². The van der Waals surface area contributed by atoms with Crippen LogP contribution in [0.3, 0.4) is 0 Å². The molecule has 84 valence electrons. The van der Waals surface area contributed by atoms with Crippen molar-refractivity contribution in [3.05, 3.63) is 50.4 Å². The fourth-order valence-corrected chi connectivity index (χ4v) is 2.63. The quantitative estimate of drug-likeness (QED) is 0.934. The Morgan fingerprint density at radius 2 is 2.25 bits per heavy atom. The van der Waals surface area contributed by atoms with Crippen LogP contribution < -0.4 is 5.32 Å². The minimum absolute atomic E-state index is 0.838. The summed E-state index contributed by atoms with van der Waals surface area (Å²) in [5.41, 5.74) is 2.38. The van der Waals surface area contributed by atoms with E-state index in [4.69, 9.17) is 0 Å². The molecule has 0 spiro atoms. The van der Waals surface area contributed by atoms with Crippen LogP contribution >= 0.6 is 27.3 Å². The molecule has 0 aliphatic rings. The van der Waals surface area contributed by atoms with E-state index in [1.807, 2.05) is 13.0 Å². The van der Waals surface area contributed by atoms with Gasteiger partial charge in [-0.25, -0.2) is 4.98 Å². The summed E-state index contributed by atoms with van der Waals surface area (Å²) in [6.07, 6.45) is 0. The number of aromatic nitrogens is 1. The van der Waals surface area contributed by atoms with Crippen LogP contribution in [-0.4, -0.2) is 4.98 Å². The van der Waals surface area contributed by atoms with Gasteiger partial charge >= 0.3 is 0 Å². The molecule has 0 amide bonds. The lowest BCUT2D eigenvalue weighted by Crippen LogP contribution is -2.12. The summed E-state index contributed by atoms with van der Waals surface area (Å²) in [5, 5.41) is 6.61. The standard InChI is InChI=1S/C12H13BrN2S/c1-9-8-16-12(15-9)7-14-6-10-3-2-4-11(13)5-10/h2-5,8,14H,6-7H2,1H3. The van der Waals surface area contributed by atoms with E-state index in [2.05, 4.69) is 49.8 Å². The molecule has 0 saturated heterocycles. The van der Waals surface area contributed by atoms with Crippen LogP contribution in [0.15, 0.2) is 34.1 Å². The highest BCUT2D eigenvalue weighted by Crippen LogP contribution is 2.12. The van der Waals surface area contributed by atoms with Crippen molar-refractivity contribution in [1.29, 1.82) is 0 Å². The van der Waals surface area contributed by atoms with Crippen LogP contribution in [0.5, 0.6) is 0 Å². The van der Waals surface area contributed by atoms with E-state index in [9.17, 15) is 0 Å². The SMILES string of the molecule is Cc1csc(CNCc2cccc(Br)c2)n1. The molecule has 0 fully saturated rings. The topological polar surface area (TPSA) is 24.9 Å². The van der Waals surface area contributed by atoms with Crippen molar-refractivity contribution >= 4 is 27.3 Å². The number of hydrogen-bond acceptors (Lipinski definition) is 3. The summed E-state index contributed by atoms with van der Waals surface area (Å²) in [6, 6.07) is 8.33. The van der Waals surface area contributed by atoms with Crippen LogP contribution in [0, 0.1) is 6.92 Å². The Bertz CT molecular complexity index is 468. The number of benzene rings is 1. The fourth-order valence-electron chi connectivity index (χ4n) is 1.44. The molecule has 0 radical (unpaired) electrons. The zero-order valence-electron chi connectivity index (χ0n) is 9.03. The predicted molar refractivity (Wildman–Crippen MR) is 71.5 cm³/mol. The van der Waals surface area contributed by atoms with Gasteiger partial charge in [0.2, 0.25) is 0 Å². The second kappa shape index (κ2) is 5.57. The number of thiazole rings is 1. The highest BCUT2D eigenvalue weighted by atomic mass is 79.9. The third-order valence-corrected chi connectivity index (χ3v) is 3.62. The molecule has 0 atom stereocenters. The van der Waals surface area contributed by atoms with Crippen LogP contribution in [0.1, 0.15) is 16.3 Å². The average molecular weight is 297 g/mol. The van der Waals surface area contributed by atoms with Gasteiger partial charge in [0.1, 0.15) is 5.01 Å². The number of nitrogens with zero attached hydrogens (tertiary/aromatic N) is 1. The highest BCUT2D eigenvalue weighted by molar-refractivity contribution is 9.10. The van der Waals surface area contributed by atoms with Gasteiger partial charge in [-0.05, 0) is 24.6 Å². The smallest absolute Gasteiger partial charge is 0.107 e. The molecule has 0 bridgehead atoms. The maximum atomic E-state index is 4.41. The predicted octanol–water partition coefficient (Wildman–Crippen LogP) is 3.50. The van der Waals surface area contributed by atoms with Gasteiger partial charge in [-0.3, -0.25) is 0 Å². The van der Waals surface area contributed by atoms with Crippen molar-refractivity contribution < 1.29 is 0 Å². The van der Waals surface area contributed by atoms with Gasteiger partial charge in [0, 0.05) is 28.6 Å². The largest absolute Gasteiger partial charge is 0.306 e. The van der Waals surface area contributed by atoms with E-state index in [0.717, 1.165) is 28.3 Å². The Morgan fingerprint density at radius 1 is 1.38 bits per heavy atom. The zero-order chi connectivity index (χ0) is 11.4. The second-order valence-corrected chi connectivity index (χ2v) is 5.47. The van der Waals surface area contributed by atoms with Gasteiger partial charge in [-0.1, -0.05) is 28.1 Å². The lowest BCUT2D eigenvalue weighted by atomic mass is 10.2. The van der Waals surface area contributed by atoms with Crippen molar-refractivity contribution in [2.24, 2.45) is 0 Å². The maximum Gasteiger partial charge on any atom is 0.107 e. The summed E-state index contributed by atoms with van der Waals surface area (Å²) in [7, 11) is 0. The Balaban J connectivity index is 1.84. The van der Waals surface area contributed by atoms with E-state index in [-0.39, 0.29) is 0 Å². The molecule has 1 heterocycles. The van der Waals surface area contributed by atoms with Crippen LogP contribution in [0.4, 0.5) is 0 Å². The number of aryl methyl sites for hydroxylation is 1. The fraction of sp³-hybridized carbons (Fsp3) is 0.250. The molecule has 1 aromatic carbocycles. The Labute approximate surface area is 108 Å². The molecule has 0 aliphatic heterocycles. The Kier molecular flexibility index (Phi) is 4.09. The number of hydrogen-bond donors (Lipinski definition) is 1. The Hall–Kier alpha value is -0.710. The molecule has 0 unspecified atom stereocenters. The number of nitrogens with one attached hydrogen (secondary N) is 1. The summed E-state index contributed by atoms with van der Waals surface area (Å²) in [5.74, 6) is 0.